The highest BCUT2D eigenvalue weighted by Crippen LogP contribution is 2.35. The molecule has 1 aliphatic carbocycles. The Morgan fingerprint density at radius 3 is 3.00 bits per heavy atom. The minimum Gasteiger partial charge on any atom is -0.481 e. The minimum atomic E-state index is -0.686. The van der Waals surface area contributed by atoms with Gasteiger partial charge >= 0.3 is 5.97 Å². The van der Waals surface area contributed by atoms with Crippen molar-refractivity contribution in [1.82, 2.24) is 4.57 Å². The van der Waals surface area contributed by atoms with Gasteiger partial charge in [-0.25, -0.2) is 0 Å². The molecule has 1 aliphatic rings. The number of carbonyl (C=O) groups is 1. The van der Waals surface area contributed by atoms with Crippen molar-refractivity contribution in [3.8, 4) is 0 Å². The van der Waals surface area contributed by atoms with E-state index < -0.39 is 5.97 Å². The summed E-state index contributed by atoms with van der Waals surface area (Å²) in [4.78, 5) is 11.3. The number of nitrogens with zero attached hydrogens (tertiary/aromatic N) is 1. The molecule has 0 saturated carbocycles. The van der Waals surface area contributed by atoms with E-state index in [4.69, 9.17) is 11.6 Å². The number of hydrogen-bond acceptors (Lipinski definition) is 1. The fraction of sp³-hybridized carbons (Fsp3) is 0.438. The van der Waals surface area contributed by atoms with Crippen molar-refractivity contribution in [2.75, 3.05) is 0 Å². The number of fused-ring (bicyclic) bond motifs is 3. The molecule has 1 unspecified atom stereocenters. The third kappa shape index (κ3) is 2.10. The first-order chi connectivity index (χ1) is 9.61. The van der Waals surface area contributed by atoms with E-state index in [9.17, 15) is 9.90 Å². The predicted molar refractivity (Wildman–Crippen MR) is 80.4 cm³/mol. The van der Waals surface area contributed by atoms with Gasteiger partial charge in [0.25, 0.3) is 0 Å². The molecular weight excluding hydrogens is 274 g/mol. The van der Waals surface area contributed by atoms with E-state index in [1.54, 1.807) is 0 Å². The summed E-state index contributed by atoms with van der Waals surface area (Å²) in [6, 6.07) is 5.95. The number of carboxylic acids is 1. The van der Waals surface area contributed by atoms with Gasteiger partial charge in [-0.1, -0.05) is 18.5 Å². The lowest BCUT2D eigenvalue weighted by atomic mass is 9.86. The largest absolute Gasteiger partial charge is 0.481 e. The summed E-state index contributed by atoms with van der Waals surface area (Å²) in [6.07, 6.45) is 3.27. The standard InChI is InChI=1S/C16H18ClNO2/c1-2-7-18-14-5-3-10(16(19)20)8-12(14)13-9-11(17)4-6-15(13)18/h4,6,9-10H,2-3,5,7-8H2,1H3,(H,19,20). The number of hydrogen-bond donors (Lipinski definition) is 1. The molecule has 1 aromatic heterocycles. The Balaban J connectivity index is 2.19. The molecule has 0 fully saturated rings. The second-order valence-corrected chi connectivity index (χ2v) is 5.95. The Kier molecular flexibility index (Phi) is 3.47. The van der Waals surface area contributed by atoms with Crippen molar-refractivity contribution >= 4 is 28.5 Å². The number of aliphatic carboxylic acids is 1. The first-order valence-electron chi connectivity index (χ1n) is 7.14. The van der Waals surface area contributed by atoms with Crippen LogP contribution in [-0.2, 0) is 24.2 Å². The van der Waals surface area contributed by atoms with Crippen molar-refractivity contribution < 1.29 is 9.90 Å². The Bertz CT molecular complexity index is 675. The molecule has 2 aromatic rings. The van der Waals surface area contributed by atoms with Crippen LogP contribution in [0.15, 0.2) is 18.2 Å². The molecule has 106 valence electrons. The van der Waals surface area contributed by atoms with E-state index in [0.717, 1.165) is 31.2 Å². The van der Waals surface area contributed by atoms with Crippen LogP contribution < -0.4 is 0 Å². The zero-order valence-corrected chi connectivity index (χ0v) is 12.3. The van der Waals surface area contributed by atoms with Gasteiger partial charge < -0.3 is 9.67 Å². The van der Waals surface area contributed by atoms with E-state index in [1.807, 2.05) is 12.1 Å². The summed E-state index contributed by atoms with van der Waals surface area (Å²) in [7, 11) is 0. The Morgan fingerprint density at radius 1 is 1.50 bits per heavy atom. The molecule has 1 N–H and O–H groups in total. The molecule has 1 heterocycles. The summed E-state index contributed by atoms with van der Waals surface area (Å²) in [5.74, 6) is -0.948. The van der Waals surface area contributed by atoms with Gasteiger partial charge in [0.2, 0.25) is 0 Å². The second kappa shape index (κ2) is 5.13. The summed E-state index contributed by atoms with van der Waals surface area (Å²) in [5, 5.41) is 11.1. The highest BCUT2D eigenvalue weighted by Gasteiger charge is 2.28. The third-order valence-corrected chi connectivity index (χ3v) is 4.46. The predicted octanol–water partition coefficient (Wildman–Crippen LogP) is 3.89. The maximum atomic E-state index is 11.3. The number of aromatic nitrogens is 1. The van der Waals surface area contributed by atoms with Crippen molar-refractivity contribution in [2.24, 2.45) is 5.92 Å². The van der Waals surface area contributed by atoms with Crippen LogP contribution in [0, 0.1) is 5.92 Å². The molecule has 1 aromatic carbocycles. The van der Waals surface area contributed by atoms with E-state index in [1.165, 1.54) is 16.8 Å². The topological polar surface area (TPSA) is 42.2 Å². The van der Waals surface area contributed by atoms with Crippen LogP contribution in [0.5, 0.6) is 0 Å². The lowest BCUT2D eigenvalue weighted by Crippen LogP contribution is -2.23. The summed E-state index contributed by atoms with van der Waals surface area (Å²) >= 11 is 6.12. The molecule has 0 aliphatic heterocycles. The van der Waals surface area contributed by atoms with Gasteiger partial charge in [0.1, 0.15) is 0 Å². The molecule has 0 saturated heterocycles. The summed E-state index contributed by atoms with van der Waals surface area (Å²) in [5.41, 5.74) is 3.68. The number of carboxylic acid groups (broad SMARTS) is 1. The zero-order valence-electron chi connectivity index (χ0n) is 11.5. The normalized spacial score (nSPS) is 18.2. The zero-order chi connectivity index (χ0) is 14.3. The third-order valence-electron chi connectivity index (χ3n) is 4.23. The molecule has 0 bridgehead atoms. The monoisotopic (exact) mass is 291 g/mol. The second-order valence-electron chi connectivity index (χ2n) is 5.52. The smallest absolute Gasteiger partial charge is 0.306 e. The van der Waals surface area contributed by atoms with E-state index >= 15 is 0 Å². The van der Waals surface area contributed by atoms with Gasteiger partial charge in [0.05, 0.1) is 5.92 Å². The molecule has 3 nitrogen and oxygen atoms in total. The number of benzene rings is 1. The molecule has 1 atom stereocenters. The van der Waals surface area contributed by atoms with Crippen LogP contribution in [0.2, 0.25) is 5.02 Å². The van der Waals surface area contributed by atoms with E-state index in [2.05, 4.69) is 17.6 Å². The number of rotatable bonds is 3. The first kappa shape index (κ1) is 13.5. The van der Waals surface area contributed by atoms with Gasteiger partial charge in [0, 0.05) is 28.2 Å². The van der Waals surface area contributed by atoms with Crippen LogP contribution in [0.1, 0.15) is 31.0 Å². The highest BCUT2D eigenvalue weighted by atomic mass is 35.5. The lowest BCUT2D eigenvalue weighted by Gasteiger charge is -2.21. The molecule has 3 rings (SSSR count). The molecule has 0 spiro atoms. The van der Waals surface area contributed by atoms with Crippen LogP contribution in [-0.4, -0.2) is 15.6 Å². The van der Waals surface area contributed by atoms with Crippen molar-refractivity contribution in [2.45, 2.75) is 39.2 Å². The van der Waals surface area contributed by atoms with Crippen molar-refractivity contribution in [1.29, 1.82) is 0 Å². The van der Waals surface area contributed by atoms with Gasteiger partial charge in [-0.3, -0.25) is 4.79 Å². The molecule has 20 heavy (non-hydrogen) atoms. The van der Waals surface area contributed by atoms with Gasteiger partial charge in [-0.05, 0) is 49.4 Å². The first-order valence-corrected chi connectivity index (χ1v) is 7.52. The lowest BCUT2D eigenvalue weighted by molar-refractivity contribution is -0.142. The molecule has 4 heteroatoms. The van der Waals surface area contributed by atoms with E-state index in [-0.39, 0.29) is 5.92 Å². The van der Waals surface area contributed by atoms with Crippen molar-refractivity contribution in [3.05, 3.63) is 34.5 Å². The highest BCUT2D eigenvalue weighted by molar-refractivity contribution is 6.31. The maximum absolute atomic E-state index is 11.3. The van der Waals surface area contributed by atoms with Gasteiger partial charge in [-0.2, -0.15) is 0 Å². The van der Waals surface area contributed by atoms with Crippen LogP contribution in [0.25, 0.3) is 10.9 Å². The van der Waals surface area contributed by atoms with Crippen LogP contribution >= 0.6 is 11.6 Å². The Labute approximate surface area is 123 Å². The Morgan fingerprint density at radius 2 is 2.30 bits per heavy atom. The summed E-state index contributed by atoms with van der Waals surface area (Å²) in [6.45, 7) is 3.14. The molecule has 0 amide bonds. The van der Waals surface area contributed by atoms with Crippen LogP contribution in [0.4, 0.5) is 0 Å². The van der Waals surface area contributed by atoms with Crippen LogP contribution in [0.3, 0.4) is 0 Å². The number of aryl methyl sites for hydroxylation is 1. The van der Waals surface area contributed by atoms with Gasteiger partial charge in [0.15, 0.2) is 0 Å². The minimum absolute atomic E-state index is 0.262. The average Bonchev–Trinajstić information content (AvgIpc) is 2.73. The van der Waals surface area contributed by atoms with Crippen molar-refractivity contribution in [3.63, 3.8) is 0 Å². The maximum Gasteiger partial charge on any atom is 0.306 e. The quantitative estimate of drug-likeness (QED) is 0.932. The fourth-order valence-electron chi connectivity index (χ4n) is 3.31. The average molecular weight is 292 g/mol. The molecule has 0 radical (unpaired) electrons. The molecular formula is C16H18ClNO2. The number of halogens is 1. The van der Waals surface area contributed by atoms with E-state index in [0.29, 0.717) is 11.4 Å². The SMILES string of the molecule is CCCn1c2c(c3cc(Cl)ccc31)CC(C(=O)O)CC2. The summed E-state index contributed by atoms with van der Waals surface area (Å²) < 4.78 is 2.35. The fourth-order valence-corrected chi connectivity index (χ4v) is 3.48. The van der Waals surface area contributed by atoms with Gasteiger partial charge in [-0.15, -0.1) is 0 Å². The Hall–Kier alpha value is -1.48.